The lowest BCUT2D eigenvalue weighted by Gasteiger charge is -2.55. The van der Waals surface area contributed by atoms with Crippen LogP contribution in [0.5, 0.6) is 0 Å². The number of carbonyl (C=O) groups is 3. The van der Waals surface area contributed by atoms with Crippen LogP contribution in [0, 0.1) is 5.41 Å². The number of piperidine rings is 1. The number of hydrogen-bond acceptors (Lipinski definition) is 7. The SMILES string of the molecule is CN(Cc1ccncc1)C1CC2(CCN(c3ccccn3)CC2)C1.O=C(O)C(F)(F)F.O=C(O)C(F)(F)F.O=C(O)C(F)(F)F. The van der Waals surface area contributed by atoms with E-state index in [-0.39, 0.29) is 0 Å². The van der Waals surface area contributed by atoms with Gasteiger partial charge in [0.15, 0.2) is 0 Å². The second kappa shape index (κ2) is 16.2. The fourth-order valence-electron chi connectivity index (χ4n) is 4.32. The zero-order valence-electron chi connectivity index (χ0n) is 23.4. The predicted molar refractivity (Wildman–Crippen MR) is 138 cm³/mol. The molecule has 2 aromatic rings. The molecule has 0 unspecified atom stereocenters. The van der Waals surface area contributed by atoms with E-state index in [9.17, 15) is 39.5 Å². The molecule has 0 atom stereocenters. The zero-order chi connectivity index (χ0) is 34.6. The van der Waals surface area contributed by atoms with Crippen LogP contribution in [0.15, 0.2) is 48.9 Å². The summed E-state index contributed by atoms with van der Waals surface area (Å²) >= 11 is 0. The molecule has 2 fully saturated rings. The quantitative estimate of drug-likeness (QED) is 0.371. The molecular weight excluding hydrogens is 635 g/mol. The van der Waals surface area contributed by atoms with Crippen molar-refractivity contribution in [3.05, 3.63) is 54.5 Å². The summed E-state index contributed by atoms with van der Waals surface area (Å²) in [5.41, 5.74) is 1.95. The number of aromatic nitrogens is 2. The van der Waals surface area contributed by atoms with Gasteiger partial charge in [0, 0.05) is 44.3 Å². The Morgan fingerprint density at radius 2 is 1.22 bits per heavy atom. The van der Waals surface area contributed by atoms with Gasteiger partial charge in [-0.05, 0) is 68.0 Å². The smallest absolute Gasteiger partial charge is 0.475 e. The topological polar surface area (TPSA) is 144 Å². The predicted octanol–water partition coefficient (Wildman–Crippen LogP) is 5.26. The van der Waals surface area contributed by atoms with Gasteiger partial charge in [-0.25, -0.2) is 19.4 Å². The third-order valence-electron chi connectivity index (χ3n) is 6.67. The van der Waals surface area contributed by atoms with E-state index in [1.807, 2.05) is 24.7 Å². The highest BCUT2D eigenvalue weighted by molar-refractivity contribution is 5.73. The standard InChI is InChI=1S/C20H26N4.3C2HF3O2/c1-23(16-17-5-10-21-11-6-17)18-14-20(15-18)7-12-24(13-8-20)19-4-2-3-9-22-19;3*3-2(4,5)1(6)7/h2-6,9-11,18H,7-8,12-16H2,1H3;3*(H,6,7). The van der Waals surface area contributed by atoms with Crippen LogP contribution in [-0.4, -0.2) is 92.8 Å². The van der Waals surface area contributed by atoms with Crippen LogP contribution in [0.3, 0.4) is 0 Å². The first kappa shape index (κ1) is 38.9. The molecule has 1 aliphatic carbocycles. The molecule has 4 rings (SSSR count). The van der Waals surface area contributed by atoms with Gasteiger partial charge in [0.2, 0.25) is 0 Å². The maximum atomic E-state index is 10.6. The molecule has 1 saturated carbocycles. The average molecular weight is 665 g/mol. The molecule has 19 heteroatoms. The number of nitrogens with zero attached hydrogens (tertiary/aromatic N) is 4. The largest absolute Gasteiger partial charge is 0.490 e. The van der Waals surface area contributed by atoms with Crippen molar-refractivity contribution >= 4 is 23.7 Å². The molecule has 1 spiro atoms. The maximum absolute atomic E-state index is 10.6. The van der Waals surface area contributed by atoms with Gasteiger partial charge in [0.05, 0.1) is 0 Å². The van der Waals surface area contributed by atoms with E-state index in [4.69, 9.17) is 29.7 Å². The third kappa shape index (κ3) is 14.0. The minimum absolute atomic E-state index is 0.586. The molecule has 0 aromatic carbocycles. The fourth-order valence-corrected chi connectivity index (χ4v) is 4.32. The summed E-state index contributed by atoms with van der Waals surface area (Å²) in [4.78, 5) is 40.3. The van der Waals surface area contributed by atoms with Gasteiger partial charge in [-0.2, -0.15) is 39.5 Å². The Balaban J connectivity index is 0.000000396. The zero-order valence-corrected chi connectivity index (χ0v) is 23.4. The van der Waals surface area contributed by atoms with E-state index in [1.165, 1.54) is 31.2 Å². The molecule has 3 heterocycles. The molecule has 0 radical (unpaired) electrons. The van der Waals surface area contributed by atoms with E-state index in [2.05, 4.69) is 51.1 Å². The van der Waals surface area contributed by atoms with Crippen LogP contribution in [0.4, 0.5) is 45.3 Å². The van der Waals surface area contributed by atoms with Crippen LogP contribution in [-0.2, 0) is 20.9 Å². The van der Waals surface area contributed by atoms with Gasteiger partial charge in [0.1, 0.15) is 5.82 Å². The van der Waals surface area contributed by atoms with E-state index < -0.39 is 36.4 Å². The maximum Gasteiger partial charge on any atom is 0.490 e. The monoisotopic (exact) mass is 664 g/mol. The highest BCUT2D eigenvalue weighted by Gasteiger charge is 2.47. The van der Waals surface area contributed by atoms with Gasteiger partial charge >= 0.3 is 36.4 Å². The Bertz CT molecular complexity index is 1160. The van der Waals surface area contributed by atoms with Crippen LogP contribution in [0.1, 0.15) is 31.2 Å². The summed E-state index contributed by atoms with van der Waals surface area (Å²) in [5, 5.41) is 21.4. The molecular formula is C26H29F9N4O6. The third-order valence-corrected chi connectivity index (χ3v) is 6.67. The lowest BCUT2D eigenvalue weighted by Crippen LogP contribution is -2.54. The molecule has 3 N–H and O–H groups in total. The van der Waals surface area contributed by atoms with Gasteiger partial charge < -0.3 is 20.2 Å². The molecule has 0 bridgehead atoms. The fraction of sp³-hybridized carbons (Fsp3) is 0.500. The second-order valence-electron chi connectivity index (χ2n) is 9.92. The lowest BCUT2D eigenvalue weighted by molar-refractivity contribution is -0.193. The average Bonchev–Trinajstić information content (AvgIpc) is 2.92. The number of carboxylic acid groups (broad SMARTS) is 3. The summed E-state index contributed by atoms with van der Waals surface area (Å²) < 4.78 is 95.2. The van der Waals surface area contributed by atoms with Gasteiger partial charge in [-0.1, -0.05) is 6.07 Å². The Morgan fingerprint density at radius 1 is 0.800 bits per heavy atom. The van der Waals surface area contributed by atoms with Crippen molar-refractivity contribution in [3.8, 4) is 0 Å². The van der Waals surface area contributed by atoms with Crippen molar-refractivity contribution in [3.63, 3.8) is 0 Å². The molecule has 1 saturated heterocycles. The second-order valence-corrected chi connectivity index (χ2v) is 9.92. The minimum Gasteiger partial charge on any atom is -0.475 e. The van der Waals surface area contributed by atoms with Gasteiger partial charge in [-0.3, -0.25) is 9.88 Å². The summed E-state index contributed by atoms with van der Waals surface area (Å²) in [5.74, 6) is -7.13. The molecule has 2 aromatic heterocycles. The van der Waals surface area contributed by atoms with Crippen molar-refractivity contribution < 1.29 is 69.2 Å². The van der Waals surface area contributed by atoms with Crippen molar-refractivity contribution in [2.75, 3.05) is 25.0 Å². The summed E-state index contributed by atoms with van der Waals surface area (Å²) in [6.07, 6.45) is -4.26. The normalized spacial score (nSPS) is 16.1. The molecule has 10 nitrogen and oxygen atoms in total. The Hall–Kier alpha value is -4.16. The number of carboxylic acids is 3. The number of rotatable bonds is 4. The number of aliphatic carboxylic acids is 3. The number of alkyl halides is 9. The van der Waals surface area contributed by atoms with Gasteiger partial charge in [0.25, 0.3) is 0 Å². The lowest BCUT2D eigenvalue weighted by atomic mass is 9.60. The van der Waals surface area contributed by atoms with Crippen LogP contribution in [0.2, 0.25) is 0 Å². The highest BCUT2D eigenvalue weighted by atomic mass is 19.4. The summed E-state index contributed by atoms with van der Waals surface area (Å²) in [6, 6.07) is 11.2. The Morgan fingerprint density at radius 3 is 1.58 bits per heavy atom. The number of anilines is 1. The molecule has 2 aliphatic rings. The van der Waals surface area contributed by atoms with E-state index in [0.717, 1.165) is 31.5 Å². The molecule has 0 amide bonds. The minimum atomic E-state index is -5.08. The summed E-state index contributed by atoms with van der Waals surface area (Å²) in [7, 11) is 2.26. The van der Waals surface area contributed by atoms with Crippen molar-refractivity contribution in [2.45, 2.75) is 56.8 Å². The summed E-state index contributed by atoms with van der Waals surface area (Å²) in [6.45, 7) is 3.33. The van der Waals surface area contributed by atoms with Crippen LogP contribution < -0.4 is 4.90 Å². The molecule has 45 heavy (non-hydrogen) atoms. The highest BCUT2D eigenvalue weighted by Crippen LogP contribution is 2.51. The first-order chi connectivity index (χ1) is 20.6. The Kier molecular flexibility index (Phi) is 14.0. The molecule has 252 valence electrons. The Labute approximate surface area is 250 Å². The van der Waals surface area contributed by atoms with Gasteiger partial charge in [-0.15, -0.1) is 0 Å². The van der Waals surface area contributed by atoms with E-state index >= 15 is 0 Å². The van der Waals surface area contributed by atoms with Crippen molar-refractivity contribution in [2.24, 2.45) is 5.41 Å². The van der Waals surface area contributed by atoms with Crippen LogP contribution in [0.25, 0.3) is 0 Å². The molecule has 1 aliphatic heterocycles. The van der Waals surface area contributed by atoms with Crippen LogP contribution >= 0.6 is 0 Å². The first-order valence-electron chi connectivity index (χ1n) is 12.7. The number of halogens is 9. The first-order valence-corrected chi connectivity index (χ1v) is 12.7. The van der Waals surface area contributed by atoms with E-state index in [0.29, 0.717) is 5.41 Å². The number of hydrogen-bond donors (Lipinski definition) is 3. The number of pyridine rings is 2. The van der Waals surface area contributed by atoms with Crippen molar-refractivity contribution in [1.29, 1.82) is 0 Å². The van der Waals surface area contributed by atoms with Crippen molar-refractivity contribution in [1.82, 2.24) is 14.9 Å². The van der Waals surface area contributed by atoms with E-state index in [1.54, 1.807) is 0 Å².